The number of benzene rings is 1. The van der Waals surface area contributed by atoms with Gasteiger partial charge in [-0.05, 0) is 51.5 Å². The highest BCUT2D eigenvalue weighted by molar-refractivity contribution is 5.55. The lowest BCUT2D eigenvalue weighted by molar-refractivity contribution is 0.317. The van der Waals surface area contributed by atoms with E-state index in [-0.39, 0.29) is 0 Å². The van der Waals surface area contributed by atoms with Gasteiger partial charge in [-0.3, -0.25) is 0 Å². The zero-order valence-corrected chi connectivity index (χ0v) is 12.7. The highest BCUT2D eigenvalue weighted by Gasteiger charge is 2.08. The molecule has 0 bridgehead atoms. The number of nitrogens with zero attached hydrogens (tertiary/aromatic N) is 2. The average Bonchev–Trinajstić information content (AvgIpc) is 2.79. The van der Waals surface area contributed by atoms with Crippen LogP contribution in [0.1, 0.15) is 38.9 Å². The van der Waals surface area contributed by atoms with Crippen molar-refractivity contribution < 1.29 is 4.74 Å². The van der Waals surface area contributed by atoms with Crippen molar-refractivity contribution in [3.63, 3.8) is 0 Å². The van der Waals surface area contributed by atoms with Gasteiger partial charge in [0.15, 0.2) is 0 Å². The Kier molecular flexibility index (Phi) is 4.66. The first-order chi connectivity index (χ1) is 9.60. The van der Waals surface area contributed by atoms with E-state index in [4.69, 9.17) is 4.74 Å². The fourth-order valence-electron chi connectivity index (χ4n) is 1.99. The first-order valence-electron chi connectivity index (χ1n) is 7.15. The molecule has 0 fully saturated rings. The normalized spacial score (nSPS) is 10.8. The quantitative estimate of drug-likeness (QED) is 0.852. The fraction of sp³-hybridized carbons (Fsp3) is 0.438. The van der Waals surface area contributed by atoms with Gasteiger partial charge >= 0.3 is 0 Å². The largest absolute Gasteiger partial charge is 0.494 e. The van der Waals surface area contributed by atoms with Crippen LogP contribution in [0.15, 0.2) is 30.5 Å². The molecule has 2 aromatic rings. The predicted molar refractivity (Wildman–Crippen MR) is 82.9 cm³/mol. The minimum atomic E-state index is 0.380. The highest BCUT2D eigenvalue weighted by Crippen LogP contribution is 2.22. The summed E-state index contributed by atoms with van der Waals surface area (Å²) in [7, 11) is 0. The summed E-state index contributed by atoms with van der Waals surface area (Å²) in [6.45, 7) is 9.15. The number of hydrogen-bond acceptors (Lipinski definition) is 3. The number of imidazole rings is 1. The summed E-state index contributed by atoms with van der Waals surface area (Å²) in [5.74, 6) is 1.78. The van der Waals surface area contributed by atoms with Crippen molar-refractivity contribution in [3.05, 3.63) is 36.2 Å². The van der Waals surface area contributed by atoms with Gasteiger partial charge in [-0.15, -0.1) is 0 Å². The smallest absolute Gasteiger partial charge is 0.207 e. The molecular weight excluding hydrogens is 250 g/mol. The summed E-state index contributed by atoms with van der Waals surface area (Å²) in [6, 6.07) is 8.37. The van der Waals surface area contributed by atoms with Gasteiger partial charge in [0, 0.05) is 17.9 Å². The number of nitrogens with one attached hydrogen (secondary N) is 1. The summed E-state index contributed by atoms with van der Waals surface area (Å²) in [6.07, 6.45) is 3.08. The van der Waals surface area contributed by atoms with Crippen LogP contribution in [0.2, 0.25) is 0 Å². The molecule has 0 amide bonds. The van der Waals surface area contributed by atoms with Crippen LogP contribution < -0.4 is 10.1 Å². The maximum Gasteiger partial charge on any atom is 0.207 e. The second-order valence-electron chi connectivity index (χ2n) is 5.20. The molecule has 4 nitrogen and oxygen atoms in total. The van der Waals surface area contributed by atoms with Gasteiger partial charge in [-0.2, -0.15) is 0 Å². The van der Waals surface area contributed by atoms with Crippen LogP contribution in [0.3, 0.4) is 0 Å². The summed E-state index contributed by atoms with van der Waals surface area (Å²) in [5.41, 5.74) is 2.03. The minimum Gasteiger partial charge on any atom is -0.494 e. The van der Waals surface area contributed by atoms with Crippen LogP contribution >= 0.6 is 0 Å². The summed E-state index contributed by atoms with van der Waals surface area (Å²) in [5, 5.41) is 3.35. The van der Waals surface area contributed by atoms with Crippen molar-refractivity contribution in [3.8, 4) is 5.75 Å². The molecule has 1 aromatic carbocycles. The van der Waals surface area contributed by atoms with Gasteiger partial charge in [0.25, 0.3) is 0 Å². The molecule has 20 heavy (non-hydrogen) atoms. The summed E-state index contributed by atoms with van der Waals surface area (Å²) in [4.78, 5) is 4.52. The van der Waals surface area contributed by atoms with Crippen LogP contribution in [-0.4, -0.2) is 16.2 Å². The lowest BCUT2D eigenvalue weighted by Gasteiger charge is -2.13. The Labute approximate surface area is 120 Å². The topological polar surface area (TPSA) is 39.1 Å². The first kappa shape index (κ1) is 14.4. The second kappa shape index (κ2) is 6.46. The van der Waals surface area contributed by atoms with E-state index in [1.165, 1.54) is 0 Å². The third-order valence-electron chi connectivity index (χ3n) is 2.99. The van der Waals surface area contributed by atoms with Crippen LogP contribution in [-0.2, 0) is 0 Å². The van der Waals surface area contributed by atoms with E-state index < -0.39 is 0 Å². The van der Waals surface area contributed by atoms with Gasteiger partial charge in [0.1, 0.15) is 5.75 Å². The Morgan fingerprint density at radius 2 is 1.95 bits per heavy atom. The van der Waals surface area contributed by atoms with E-state index in [0.717, 1.165) is 36.1 Å². The number of anilines is 2. The van der Waals surface area contributed by atoms with E-state index in [1.807, 2.05) is 31.2 Å². The van der Waals surface area contributed by atoms with E-state index in [0.29, 0.717) is 6.04 Å². The Hall–Kier alpha value is -1.97. The van der Waals surface area contributed by atoms with E-state index in [2.05, 4.69) is 41.8 Å². The molecule has 0 aliphatic rings. The van der Waals surface area contributed by atoms with E-state index in [1.54, 1.807) is 0 Å². The van der Waals surface area contributed by atoms with Gasteiger partial charge in [-0.25, -0.2) is 4.98 Å². The van der Waals surface area contributed by atoms with E-state index >= 15 is 0 Å². The zero-order valence-electron chi connectivity index (χ0n) is 12.7. The van der Waals surface area contributed by atoms with Gasteiger partial charge in [-0.1, -0.05) is 6.92 Å². The van der Waals surface area contributed by atoms with Crippen molar-refractivity contribution in [2.75, 3.05) is 11.9 Å². The Bertz CT molecular complexity index is 543. The van der Waals surface area contributed by atoms with E-state index in [9.17, 15) is 0 Å². The molecule has 108 valence electrons. The molecule has 0 spiro atoms. The Balaban J connectivity index is 2.10. The second-order valence-corrected chi connectivity index (χ2v) is 5.20. The van der Waals surface area contributed by atoms with Crippen LogP contribution in [0.25, 0.3) is 0 Å². The lowest BCUT2D eigenvalue weighted by atomic mass is 10.3. The molecule has 1 aromatic heterocycles. The third kappa shape index (κ3) is 3.53. The number of aromatic nitrogens is 2. The molecule has 0 unspecified atom stereocenters. The zero-order chi connectivity index (χ0) is 14.5. The summed E-state index contributed by atoms with van der Waals surface area (Å²) >= 11 is 0. The van der Waals surface area contributed by atoms with Crippen molar-refractivity contribution in [2.45, 2.75) is 40.2 Å². The van der Waals surface area contributed by atoms with Crippen LogP contribution in [0.5, 0.6) is 5.75 Å². The van der Waals surface area contributed by atoms with Gasteiger partial charge < -0.3 is 14.6 Å². The minimum absolute atomic E-state index is 0.380. The monoisotopic (exact) mass is 273 g/mol. The number of aryl methyl sites for hydroxylation is 1. The average molecular weight is 273 g/mol. The molecule has 0 aliphatic carbocycles. The molecular formula is C16H23N3O. The van der Waals surface area contributed by atoms with Crippen molar-refractivity contribution in [1.29, 1.82) is 0 Å². The SMILES string of the molecule is CCCOc1ccc(Nc2nc(C)cn2C(C)C)cc1. The van der Waals surface area contributed by atoms with Gasteiger partial charge in [0.2, 0.25) is 5.95 Å². The molecule has 1 heterocycles. The summed E-state index contributed by atoms with van der Waals surface area (Å²) < 4.78 is 7.71. The molecule has 1 N–H and O–H groups in total. The molecule has 0 aliphatic heterocycles. The maximum atomic E-state index is 5.58. The third-order valence-corrected chi connectivity index (χ3v) is 2.99. The van der Waals surface area contributed by atoms with Crippen molar-refractivity contribution >= 4 is 11.6 Å². The Morgan fingerprint density at radius 3 is 2.55 bits per heavy atom. The first-order valence-corrected chi connectivity index (χ1v) is 7.15. The standard InChI is InChI=1S/C16H23N3O/c1-5-10-20-15-8-6-14(7-9-15)18-16-17-13(4)11-19(16)12(2)3/h6-9,11-12H,5,10H2,1-4H3,(H,17,18). The molecule has 0 atom stereocenters. The molecule has 4 heteroatoms. The lowest BCUT2D eigenvalue weighted by Crippen LogP contribution is -2.05. The molecule has 0 radical (unpaired) electrons. The maximum absolute atomic E-state index is 5.58. The predicted octanol–water partition coefficient (Wildman–Crippen LogP) is 4.30. The number of hydrogen-bond donors (Lipinski definition) is 1. The van der Waals surface area contributed by atoms with Crippen molar-refractivity contribution in [2.24, 2.45) is 0 Å². The molecule has 2 rings (SSSR count). The molecule has 0 saturated heterocycles. The fourth-order valence-corrected chi connectivity index (χ4v) is 1.99. The number of rotatable bonds is 6. The van der Waals surface area contributed by atoms with Gasteiger partial charge in [0.05, 0.1) is 12.3 Å². The van der Waals surface area contributed by atoms with Crippen LogP contribution in [0, 0.1) is 6.92 Å². The van der Waals surface area contributed by atoms with Crippen molar-refractivity contribution in [1.82, 2.24) is 9.55 Å². The molecule has 0 saturated carbocycles. The Morgan fingerprint density at radius 1 is 1.25 bits per heavy atom. The highest BCUT2D eigenvalue weighted by atomic mass is 16.5. The number of ether oxygens (including phenoxy) is 1. The van der Waals surface area contributed by atoms with Crippen LogP contribution in [0.4, 0.5) is 11.6 Å².